The number of ether oxygens (including phenoxy) is 4. The van der Waals surface area contributed by atoms with Gasteiger partial charge in [-0.1, -0.05) is 131 Å². The maximum Gasteiger partial charge on any atom is 0.231 e. The number of Topliss-reactive ketones (excluding diaryl/α,β-unsaturated/α-hetero) is 4. The lowest BCUT2D eigenvalue weighted by Crippen LogP contribution is -2.25. The van der Waals surface area contributed by atoms with Crippen LogP contribution in [-0.2, 0) is 32.0 Å². The van der Waals surface area contributed by atoms with Gasteiger partial charge >= 0.3 is 0 Å². The maximum absolute atomic E-state index is 11.8. The number of hydrogen-bond donors (Lipinski definition) is 0. The summed E-state index contributed by atoms with van der Waals surface area (Å²) in [6, 6.07) is 9.21. The van der Waals surface area contributed by atoms with Crippen molar-refractivity contribution in [1.29, 1.82) is 0 Å². The smallest absolute Gasteiger partial charge is 0.231 e. The van der Waals surface area contributed by atoms with Gasteiger partial charge in [-0.05, 0) is 49.9 Å². The first kappa shape index (κ1) is 37.2. The number of carbonyl (C=O) groups excluding carboxylic acids is 4. The van der Waals surface area contributed by atoms with E-state index in [1.165, 1.54) is 16.3 Å². The molecule has 2 aromatic rings. The Bertz CT molecular complexity index is 1230. The Morgan fingerprint density at radius 2 is 1.46 bits per heavy atom. The van der Waals surface area contributed by atoms with E-state index in [1.807, 2.05) is 24.3 Å². The molecule has 13 heteroatoms. The van der Waals surface area contributed by atoms with Crippen molar-refractivity contribution in [1.82, 2.24) is 0 Å². The Hall–Kier alpha value is -0.0300. The van der Waals surface area contributed by atoms with Crippen molar-refractivity contribution in [2.75, 3.05) is 16.0 Å². The fraction of sp³-hybridized carbons (Fsp3) is 0.429. The third kappa shape index (κ3) is 12.1. The van der Waals surface area contributed by atoms with E-state index in [1.54, 1.807) is 6.07 Å². The maximum atomic E-state index is 11.8. The van der Waals surface area contributed by atoms with Crippen LogP contribution in [0, 0.1) is 0 Å². The van der Waals surface area contributed by atoms with Gasteiger partial charge in [-0.2, -0.15) is 0 Å². The van der Waals surface area contributed by atoms with E-state index < -0.39 is 5.92 Å². The number of para-hydroxylation sites is 1. The Labute approximate surface area is 308 Å². The summed E-state index contributed by atoms with van der Waals surface area (Å²) >= 11 is 11.5. The number of rotatable bonds is 6. The quantitative estimate of drug-likeness (QED) is 0.164. The molecule has 2 aromatic carbocycles. The minimum absolute atomic E-state index is 0.00358. The lowest BCUT2D eigenvalue weighted by Gasteiger charge is -2.23. The molecule has 5 rings (SSSR count). The van der Waals surface area contributed by atoms with Crippen molar-refractivity contribution in [3.63, 3.8) is 0 Å². The van der Waals surface area contributed by atoms with Crippen molar-refractivity contribution >= 4 is 136 Å². The van der Waals surface area contributed by atoms with Crippen LogP contribution in [0.2, 0.25) is 0 Å². The van der Waals surface area contributed by atoms with Gasteiger partial charge in [0.2, 0.25) is 13.6 Å². The highest BCUT2D eigenvalue weighted by Crippen LogP contribution is 2.43. The number of ketones is 4. The van der Waals surface area contributed by atoms with E-state index in [-0.39, 0.29) is 43.1 Å². The fourth-order valence-electron chi connectivity index (χ4n) is 4.41. The normalized spacial score (nSPS) is 15.3. The molecule has 0 saturated carbocycles. The first-order valence-electron chi connectivity index (χ1n) is 12.4. The zero-order valence-electron chi connectivity index (χ0n) is 22.4. The summed E-state index contributed by atoms with van der Waals surface area (Å²) in [5.41, 5.74) is 2.70. The van der Waals surface area contributed by atoms with Crippen molar-refractivity contribution in [2.24, 2.45) is 0 Å². The highest BCUT2D eigenvalue weighted by molar-refractivity contribution is 14.3. The van der Waals surface area contributed by atoms with Gasteiger partial charge in [0.15, 0.2) is 23.0 Å². The third-order valence-corrected chi connectivity index (χ3v) is 5.94. The lowest BCUT2D eigenvalue weighted by molar-refractivity contribution is -0.129. The summed E-state index contributed by atoms with van der Waals surface area (Å²) in [7, 11) is 0. The molecule has 8 nitrogen and oxygen atoms in total. The van der Waals surface area contributed by atoms with E-state index in [0.717, 1.165) is 28.1 Å². The van der Waals surface area contributed by atoms with Gasteiger partial charge in [-0.3, -0.25) is 19.2 Å². The molecule has 0 amide bonds. The second-order valence-electron chi connectivity index (χ2n) is 8.79. The minimum atomic E-state index is -0.617. The van der Waals surface area contributed by atoms with Crippen molar-refractivity contribution < 1.29 is 38.1 Å². The Balaban J connectivity index is 0.000000235. The first-order chi connectivity index (χ1) is 19.5. The van der Waals surface area contributed by atoms with E-state index >= 15 is 0 Å². The molecule has 1 atom stereocenters. The van der Waals surface area contributed by atoms with Crippen LogP contribution in [0.4, 0.5) is 0 Å². The molecule has 3 aliphatic rings. The molecule has 0 aromatic heterocycles. The van der Waals surface area contributed by atoms with Crippen LogP contribution in [0.5, 0.6) is 23.0 Å². The van der Waals surface area contributed by atoms with Gasteiger partial charge in [0.25, 0.3) is 0 Å². The van der Waals surface area contributed by atoms with Gasteiger partial charge in [0, 0.05) is 18.4 Å². The van der Waals surface area contributed by atoms with Crippen LogP contribution >= 0.6 is 113 Å². The Kier molecular flexibility index (Phi) is 17.6. The second kappa shape index (κ2) is 19.4. The highest BCUT2D eigenvalue weighted by Gasteiger charge is 2.34. The molecule has 0 N–H and O–H groups in total. The zero-order valence-corrected chi connectivity index (χ0v) is 33.1. The minimum Gasteiger partial charge on any atom is -0.454 e. The van der Waals surface area contributed by atoms with Crippen LogP contribution < -0.4 is 18.9 Å². The number of alkyl halides is 5. The molecule has 41 heavy (non-hydrogen) atoms. The zero-order chi connectivity index (χ0) is 30.5. The molecule has 1 aliphatic carbocycles. The molecule has 2 aliphatic heterocycles. The van der Waals surface area contributed by atoms with Crippen molar-refractivity contribution in [3.8, 4) is 23.0 Å². The number of fused-ring (bicyclic) bond motifs is 4. The summed E-state index contributed by atoms with van der Waals surface area (Å²) < 4.78 is 23.2. The molecule has 1 unspecified atom stereocenters. The van der Waals surface area contributed by atoms with Crippen molar-refractivity contribution in [2.45, 2.75) is 51.8 Å². The third-order valence-electron chi connectivity index (χ3n) is 5.94. The molecular weight excluding hydrogens is 1100 g/mol. The van der Waals surface area contributed by atoms with E-state index in [0.29, 0.717) is 37.2 Å². The molecule has 224 valence electrons. The number of benzene rings is 2. The summed E-state index contributed by atoms with van der Waals surface area (Å²) in [4.78, 5) is 45.6. The van der Waals surface area contributed by atoms with Crippen LogP contribution in [0.3, 0.4) is 0 Å². The predicted octanol–water partition coefficient (Wildman–Crippen LogP) is 7.89. The van der Waals surface area contributed by atoms with Crippen LogP contribution in [0.15, 0.2) is 30.3 Å². The number of carbonyl (C=O) groups is 4. The Morgan fingerprint density at radius 1 is 0.878 bits per heavy atom. The Morgan fingerprint density at radius 3 is 2.05 bits per heavy atom. The topological polar surface area (TPSA) is 105 Å². The summed E-state index contributed by atoms with van der Waals surface area (Å²) in [5.74, 6) is 2.03. The van der Waals surface area contributed by atoms with Gasteiger partial charge in [-0.15, -0.1) is 0 Å². The number of halogens is 5. The first-order valence-corrected chi connectivity index (χ1v) is 19.2. The summed E-state index contributed by atoms with van der Waals surface area (Å²) in [6.07, 6.45) is 1.99. The standard InChI is InChI=1S/C13H12O4.C13H14O4.CHI3.CH2I2/c1-7(14)12-8-3-5-11-13(17-6-16-11)9(8)2-4-10(12)15;1-9(14)7-11(15)6-5-10-3-2-4-12-13(10)17-8-16-12;2-1(3)4;2-1-3/h3,5,12H,2,4,6H2,1H3;2-4H,5-8H2,1H3;1H;1H2. The van der Waals surface area contributed by atoms with Crippen LogP contribution in [0.1, 0.15) is 55.7 Å². The SMILES string of the molecule is CC(=O)C1C(=O)CCc2c1ccc1c2OCO1.CC(=O)CC(=O)CCc1cccc2c1OCO2.IC(I)I.ICI. The van der Waals surface area contributed by atoms with Gasteiger partial charge in [-0.25, -0.2) is 0 Å². The molecular formula is C28H29I5O8. The van der Waals surface area contributed by atoms with Gasteiger partial charge in [0.05, 0.1) is 8.86 Å². The number of hydrogen-bond acceptors (Lipinski definition) is 8. The molecule has 0 saturated heterocycles. The molecule has 0 spiro atoms. The monoisotopic (exact) mass is 1130 g/mol. The van der Waals surface area contributed by atoms with E-state index in [9.17, 15) is 19.2 Å². The predicted molar refractivity (Wildman–Crippen MR) is 199 cm³/mol. The van der Waals surface area contributed by atoms with Crippen LogP contribution in [0.25, 0.3) is 0 Å². The molecule has 0 radical (unpaired) electrons. The molecule has 0 bridgehead atoms. The molecule has 0 fully saturated rings. The largest absolute Gasteiger partial charge is 0.454 e. The summed E-state index contributed by atoms with van der Waals surface area (Å²) in [6.45, 7) is 3.33. The average Bonchev–Trinajstić information content (AvgIpc) is 3.57. The highest BCUT2D eigenvalue weighted by atomic mass is 127. The van der Waals surface area contributed by atoms with E-state index in [2.05, 4.69) is 113 Å². The van der Waals surface area contributed by atoms with E-state index in [4.69, 9.17) is 18.9 Å². The molecule has 2 heterocycles. The summed E-state index contributed by atoms with van der Waals surface area (Å²) in [5, 5.41) is 0. The second-order valence-corrected chi connectivity index (χ2v) is 24.1. The number of aryl methyl sites for hydroxylation is 1. The average molecular weight is 1130 g/mol. The fourth-order valence-corrected chi connectivity index (χ4v) is 4.41. The van der Waals surface area contributed by atoms with Crippen molar-refractivity contribution in [3.05, 3.63) is 47.0 Å². The lowest BCUT2D eigenvalue weighted by atomic mass is 9.79. The van der Waals surface area contributed by atoms with Gasteiger partial charge in [0.1, 0.15) is 29.0 Å². The van der Waals surface area contributed by atoms with Gasteiger partial charge < -0.3 is 18.9 Å². The van der Waals surface area contributed by atoms with Crippen LogP contribution in [-0.4, -0.2) is 39.1 Å².